The number of nitrogens with one attached hydrogen (secondary N) is 1. The number of H-pyrrole nitrogens is 1. The third-order valence-corrected chi connectivity index (χ3v) is 3.77. The van der Waals surface area contributed by atoms with E-state index in [0.29, 0.717) is 28.3 Å². The van der Waals surface area contributed by atoms with Crippen molar-refractivity contribution in [3.63, 3.8) is 0 Å². The van der Waals surface area contributed by atoms with Crippen LogP contribution in [0.2, 0.25) is 0 Å². The van der Waals surface area contributed by atoms with Crippen LogP contribution in [0.3, 0.4) is 0 Å². The van der Waals surface area contributed by atoms with Crippen LogP contribution in [-0.2, 0) is 6.61 Å². The largest absolute Gasteiger partial charge is 0.508 e. The maximum absolute atomic E-state index is 13.7. The number of ether oxygens (including phenoxy) is 1. The summed E-state index contributed by atoms with van der Waals surface area (Å²) in [6.07, 6.45) is 1.67. The fourth-order valence-electron chi connectivity index (χ4n) is 2.56. The van der Waals surface area contributed by atoms with Crippen molar-refractivity contribution < 1.29 is 14.2 Å². The zero-order valence-electron chi connectivity index (χ0n) is 13.1. The van der Waals surface area contributed by atoms with Crippen LogP contribution in [0.1, 0.15) is 5.56 Å². The summed E-state index contributed by atoms with van der Waals surface area (Å²) < 4.78 is 19.3. The highest BCUT2D eigenvalue weighted by Crippen LogP contribution is 2.29. The van der Waals surface area contributed by atoms with Crippen LogP contribution in [0.4, 0.5) is 4.39 Å². The summed E-state index contributed by atoms with van der Waals surface area (Å²) in [6, 6.07) is 14.9. The summed E-state index contributed by atoms with van der Waals surface area (Å²) in [5.74, 6) is 0.702. The molecule has 2 aromatic carbocycles. The summed E-state index contributed by atoms with van der Waals surface area (Å²) in [4.78, 5) is 11.7. The molecule has 0 saturated carbocycles. The third-order valence-electron chi connectivity index (χ3n) is 3.77. The van der Waals surface area contributed by atoms with Gasteiger partial charge >= 0.3 is 0 Å². The maximum Gasteiger partial charge on any atom is 0.178 e. The number of nitrogens with zero attached hydrogens (tertiary/aromatic N) is 2. The average molecular weight is 335 g/mol. The molecule has 0 amide bonds. The summed E-state index contributed by atoms with van der Waals surface area (Å²) in [7, 11) is 0. The van der Waals surface area contributed by atoms with E-state index < -0.39 is 0 Å². The summed E-state index contributed by atoms with van der Waals surface area (Å²) in [5.41, 5.74) is 2.49. The highest BCUT2D eigenvalue weighted by atomic mass is 19.1. The van der Waals surface area contributed by atoms with Crippen molar-refractivity contribution in [2.24, 2.45) is 0 Å². The molecule has 0 aliphatic rings. The molecule has 5 nitrogen and oxygen atoms in total. The number of aromatic amines is 1. The second-order valence-corrected chi connectivity index (χ2v) is 5.56. The number of benzene rings is 2. The van der Waals surface area contributed by atoms with Gasteiger partial charge in [0.05, 0.1) is 5.52 Å². The number of aromatic nitrogens is 3. The van der Waals surface area contributed by atoms with Crippen molar-refractivity contribution in [1.82, 2.24) is 15.0 Å². The Morgan fingerprint density at radius 1 is 1.08 bits per heavy atom. The standard InChI is InChI=1S/C19H14FN3O2/c20-16-5-2-1-4-12(16)11-25-15-9-13(8-14(24)10-15)18-22-17-6-3-7-21-19(17)23-18/h1-10,24H,11H2,(H,21,22,23). The molecule has 0 saturated heterocycles. The Kier molecular flexibility index (Phi) is 3.78. The van der Waals surface area contributed by atoms with E-state index in [1.165, 1.54) is 12.1 Å². The van der Waals surface area contributed by atoms with Crippen LogP contribution in [-0.4, -0.2) is 20.1 Å². The van der Waals surface area contributed by atoms with Gasteiger partial charge in [0.1, 0.15) is 29.7 Å². The van der Waals surface area contributed by atoms with Gasteiger partial charge in [-0.25, -0.2) is 14.4 Å². The Bertz CT molecular complexity index is 1010. The van der Waals surface area contributed by atoms with Gasteiger partial charge < -0.3 is 14.8 Å². The van der Waals surface area contributed by atoms with Crippen LogP contribution < -0.4 is 4.74 Å². The summed E-state index contributed by atoms with van der Waals surface area (Å²) >= 11 is 0. The number of hydrogen-bond donors (Lipinski definition) is 2. The first-order valence-corrected chi connectivity index (χ1v) is 7.70. The van der Waals surface area contributed by atoms with Gasteiger partial charge in [-0.3, -0.25) is 0 Å². The Balaban J connectivity index is 1.63. The Morgan fingerprint density at radius 3 is 2.80 bits per heavy atom. The molecule has 4 rings (SSSR count). The second kappa shape index (κ2) is 6.24. The smallest absolute Gasteiger partial charge is 0.178 e. The molecule has 6 heteroatoms. The first kappa shape index (κ1) is 15.1. The normalized spacial score (nSPS) is 10.9. The van der Waals surface area contributed by atoms with Crippen molar-refractivity contribution in [2.45, 2.75) is 6.61 Å². The van der Waals surface area contributed by atoms with E-state index >= 15 is 0 Å². The topological polar surface area (TPSA) is 71.0 Å². The van der Waals surface area contributed by atoms with Gasteiger partial charge in [0, 0.05) is 23.4 Å². The first-order chi connectivity index (χ1) is 12.2. The van der Waals surface area contributed by atoms with Crippen molar-refractivity contribution >= 4 is 11.2 Å². The SMILES string of the molecule is Oc1cc(OCc2ccccc2F)cc(-c2nc3ncccc3[nH]2)c1. The molecule has 0 fully saturated rings. The molecule has 0 unspecified atom stereocenters. The monoisotopic (exact) mass is 335 g/mol. The zero-order valence-corrected chi connectivity index (χ0v) is 13.1. The van der Waals surface area contributed by atoms with Gasteiger partial charge in [-0.15, -0.1) is 0 Å². The minimum absolute atomic E-state index is 0.0365. The molecule has 0 bridgehead atoms. The van der Waals surface area contributed by atoms with E-state index in [-0.39, 0.29) is 18.2 Å². The number of phenols is 1. The van der Waals surface area contributed by atoms with Crippen LogP contribution in [0.25, 0.3) is 22.6 Å². The molecule has 2 heterocycles. The molecule has 124 valence electrons. The van der Waals surface area contributed by atoms with Crippen LogP contribution in [0, 0.1) is 5.82 Å². The third kappa shape index (κ3) is 3.14. The molecule has 2 aromatic heterocycles. The minimum Gasteiger partial charge on any atom is -0.508 e. The molecule has 0 atom stereocenters. The van der Waals surface area contributed by atoms with Crippen molar-refractivity contribution in [3.8, 4) is 22.9 Å². The Labute approximate surface area is 142 Å². The second-order valence-electron chi connectivity index (χ2n) is 5.56. The van der Waals surface area contributed by atoms with Crippen LogP contribution >= 0.6 is 0 Å². The number of fused-ring (bicyclic) bond motifs is 1. The lowest BCUT2D eigenvalue weighted by Gasteiger charge is -2.09. The van der Waals surface area contributed by atoms with Gasteiger partial charge in [-0.1, -0.05) is 18.2 Å². The van der Waals surface area contributed by atoms with Crippen molar-refractivity contribution in [1.29, 1.82) is 0 Å². The highest BCUT2D eigenvalue weighted by molar-refractivity contribution is 5.76. The van der Waals surface area contributed by atoms with Crippen LogP contribution in [0.5, 0.6) is 11.5 Å². The van der Waals surface area contributed by atoms with Crippen molar-refractivity contribution in [2.75, 3.05) is 0 Å². The number of hydrogen-bond acceptors (Lipinski definition) is 4. The number of pyridine rings is 1. The molecular formula is C19H14FN3O2. The van der Waals surface area contributed by atoms with E-state index in [2.05, 4.69) is 15.0 Å². The molecule has 4 aromatic rings. The minimum atomic E-state index is -0.328. The number of phenolic OH excluding ortho intramolecular Hbond substituents is 1. The lowest BCUT2D eigenvalue weighted by molar-refractivity contribution is 0.298. The van der Waals surface area contributed by atoms with E-state index in [1.54, 1.807) is 36.5 Å². The van der Waals surface area contributed by atoms with Gasteiger partial charge in [-0.2, -0.15) is 0 Å². The number of halogens is 1. The fraction of sp³-hybridized carbons (Fsp3) is 0.0526. The predicted molar refractivity (Wildman–Crippen MR) is 91.7 cm³/mol. The highest BCUT2D eigenvalue weighted by Gasteiger charge is 2.10. The Morgan fingerprint density at radius 2 is 1.96 bits per heavy atom. The van der Waals surface area contributed by atoms with E-state index in [9.17, 15) is 9.50 Å². The zero-order chi connectivity index (χ0) is 17.2. The number of rotatable bonds is 4. The summed E-state index contributed by atoms with van der Waals surface area (Å²) in [5, 5.41) is 9.97. The number of imidazole rings is 1. The molecule has 2 N–H and O–H groups in total. The molecule has 0 aliphatic carbocycles. The predicted octanol–water partition coefficient (Wildman–Crippen LogP) is 4.05. The maximum atomic E-state index is 13.7. The molecular weight excluding hydrogens is 321 g/mol. The lowest BCUT2D eigenvalue weighted by atomic mass is 10.2. The van der Waals surface area contributed by atoms with Gasteiger partial charge in [0.15, 0.2) is 5.65 Å². The lowest BCUT2D eigenvalue weighted by Crippen LogP contribution is -1.98. The number of aromatic hydroxyl groups is 1. The Hall–Kier alpha value is -3.41. The van der Waals surface area contributed by atoms with Gasteiger partial charge in [0.25, 0.3) is 0 Å². The fourth-order valence-corrected chi connectivity index (χ4v) is 2.56. The summed E-state index contributed by atoms with van der Waals surface area (Å²) in [6.45, 7) is 0.0667. The van der Waals surface area contributed by atoms with Gasteiger partial charge in [-0.05, 0) is 30.3 Å². The molecule has 0 aliphatic heterocycles. The molecule has 0 spiro atoms. The first-order valence-electron chi connectivity index (χ1n) is 7.70. The quantitative estimate of drug-likeness (QED) is 0.590. The van der Waals surface area contributed by atoms with E-state index in [1.807, 2.05) is 12.1 Å². The van der Waals surface area contributed by atoms with Gasteiger partial charge in [0.2, 0.25) is 0 Å². The van der Waals surface area contributed by atoms with E-state index in [4.69, 9.17) is 4.74 Å². The van der Waals surface area contributed by atoms with E-state index in [0.717, 1.165) is 5.52 Å². The van der Waals surface area contributed by atoms with Crippen molar-refractivity contribution in [3.05, 3.63) is 72.2 Å². The molecule has 25 heavy (non-hydrogen) atoms. The van der Waals surface area contributed by atoms with Crippen LogP contribution in [0.15, 0.2) is 60.8 Å². The average Bonchev–Trinajstić information content (AvgIpc) is 3.05. The molecule has 0 radical (unpaired) electrons.